The molecule has 138 valence electrons. The van der Waals surface area contributed by atoms with E-state index in [1.807, 2.05) is 6.07 Å². The summed E-state index contributed by atoms with van der Waals surface area (Å²) in [4.78, 5) is 28.6. The third-order valence-corrected chi connectivity index (χ3v) is 5.15. The maximum Gasteiger partial charge on any atom is 0.312 e. The van der Waals surface area contributed by atoms with Gasteiger partial charge in [0.1, 0.15) is 6.10 Å². The summed E-state index contributed by atoms with van der Waals surface area (Å²) in [5.74, 6) is -0.514. The van der Waals surface area contributed by atoms with Gasteiger partial charge >= 0.3 is 5.97 Å². The third-order valence-electron chi connectivity index (χ3n) is 4.34. The minimum Gasteiger partial charge on any atom is -0.462 e. The van der Waals surface area contributed by atoms with E-state index in [0.717, 1.165) is 25.7 Å². The van der Waals surface area contributed by atoms with Gasteiger partial charge in [-0.3, -0.25) is 14.9 Å². The largest absolute Gasteiger partial charge is 0.462 e. The number of thiazole rings is 1. The second kappa shape index (κ2) is 8.91. The summed E-state index contributed by atoms with van der Waals surface area (Å²) < 4.78 is 10.9. The number of methoxy groups -OCH3 is 1. The van der Waals surface area contributed by atoms with Crippen LogP contribution in [0.2, 0.25) is 0 Å². The third kappa shape index (κ3) is 5.12. The number of ether oxygens (including phenoxy) is 2. The lowest BCUT2D eigenvalue weighted by Gasteiger charge is -2.27. The average molecular weight is 374 g/mol. The monoisotopic (exact) mass is 374 g/mol. The lowest BCUT2D eigenvalue weighted by molar-refractivity contribution is -0.151. The quantitative estimate of drug-likeness (QED) is 0.784. The van der Waals surface area contributed by atoms with Crippen molar-refractivity contribution in [2.75, 3.05) is 12.4 Å². The number of carbonyl (C=O) groups excluding carboxylic acids is 2. The smallest absolute Gasteiger partial charge is 0.312 e. The van der Waals surface area contributed by atoms with Crippen molar-refractivity contribution >= 4 is 28.3 Å². The Balaban J connectivity index is 1.50. The number of benzene rings is 1. The Morgan fingerprint density at radius 3 is 2.77 bits per heavy atom. The number of amides is 1. The number of rotatable bonds is 6. The normalized spacial score (nSPS) is 19.7. The lowest BCUT2D eigenvalue weighted by Crippen LogP contribution is -2.29. The van der Waals surface area contributed by atoms with E-state index in [2.05, 4.69) is 10.3 Å². The van der Waals surface area contributed by atoms with E-state index in [-0.39, 0.29) is 30.5 Å². The van der Waals surface area contributed by atoms with Crippen molar-refractivity contribution in [1.82, 2.24) is 4.98 Å². The SMILES string of the molecule is CO[C@@H]1CCC[C@H](OC(=O)Cc2csc(NC(=O)c3ccccc3)n2)C1. The molecule has 2 atom stereocenters. The van der Waals surface area contributed by atoms with E-state index in [1.54, 1.807) is 36.8 Å². The molecule has 26 heavy (non-hydrogen) atoms. The molecule has 0 radical (unpaired) electrons. The number of carbonyl (C=O) groups is 2. The zero-order chi connectivity index (χ0) is 18.4. The summed E-state index contributed by atoms with van der Waals surface area (Å²) in [6.07, 6.45) is 3.83. The highest BCUT2D eigenvalue weighted by atomic mass is 32.1. The Kier molecular flexibility index (Phi) is 6.35. The average Bonchev–Trinajstić information content (AvgIpc) is 3.09. The first kappa shape index (κ1) is 18.5. The van der Waals surface area contributed by atoms with Crippen LogP contribution in [-0.4, -0.2) is 36.2 Å². The summed E-state index contributed by atoms with van der Waals surface area (Å²) in [6, 6.07) is 8.93. The van der Waals surface area contributed by atoms with Gasteiger partial charge in [0.15, 0.2) is 5.13 Å². The molecule has 6 nitrogen and oxygen atoms in total. The van der Waals surface area contributed by atoms with Crippen molar-refractivity contribution in [3.8, 4) is 0 Å². The van der Waals surface area contributed by atoms with Gasteiger partial charge in [0.05, 0.1) is 18.2 Å². The molecule has 1 aromatic carbocycles. The summed E-state index contributed by atoms with van der Waals surface area (Å²) in [5.41, 5.74) is 1.16. The number of nitrogens with zero attached hydrogens (tertiary/aromatic N) is 1. The summed E-state index contributed by atoms with van der Waals surface area (Å²) in [6.45, 7) is 0. The number of anilines is 1. The molecule has 7 heteroatoms. The maximum atomic E-state index is 12.1. The van der Waals surface area contributed by atoms with Crippen LogP contribution in [-0.2, 0) is 20.7 Å². The Morgan fingerprint density at radius 2 is 2.00 bits per heavy atom. The lowest BCUT2D eigenvalue weighted by atomic mass is 9.95. The van der Waals surface area contributed by atoms with Crippen LogP contribution in [0.4, 0.5) is 5.13 Å². The van der Waals surface area contributed by atoms with Crippen molar-refractivity contribution in [2.24, 2.45) is 0 Å². The predicted molar refractivity (Wildman–Crippen MR) is 99.4 cm³/mol. The van der Waals surface area contributed by atoms with Gasteiger partial charge in [-0.1, -0.05) is 18.2 Å². The van der Waals surface area contributed by atoms with Crippen molar-refractivity contribution in [2.45, 2.75) is 44.3 Å². The van der Waals surface area contributed by atoms with E-state index in [9.17, 15) is 9.59 Å². The van der Waals surface area contributed by atoms with Crippen LogP contribution in [0.5, 0.6) is 0 Å². The Morgan fingerprint density at radius 1 is 1.23 bits per heavy atom. The fourth-order valence-corrected chi connectivity index (χ4v) is 3.71. The van der Waals surface area contributed by atoms with Crippen molar-refractivity contribution in [3.63, 3.8) is 0 Å². The zero-order valence-corrected chi connectivity index (χ0v) is 15.5. The molecule has 0 bridgehead atoms. The first-order chi connectivity index (χ1) is 12.6. The maximum absolute atomic E-state index is 12.1. The topological polar surface area (TPSA) is 77.5 Å². The molecule has 3 rings (SSSR count). The minimum absolute atomic E-state index is 0.0860. The van der Waals surface area contributed by atoms with Gasteiger partial charge in [0, 0.05) is 24.5 Å². The molecule has 0 saturated heterocycles. The molecule has 0 spiro atoms. The second-order valence-electron chi connectivity index (χ2n) is 6.28. The molecule has 1 aliphatic rings. The van der Waals surface area contributed by atoms with E-state index in [4.69, 9.17) is 9.47 Å². The van der Waals surface area contributed by atoms with Crippen LogP contribution in [0.25, 0.3) is 0 Å². The molecular formula is C19H22N2O4S. The van der Waals surface area contributed by atoms with Gasteiger partial charge in [-0.05, 0) is 31.4 Å². The van der Waals surface area contributed by atoms with Gasteiger partial charge < -0.3 is 9.47 Å². The Labute approximate surface area is 156 Å². The van der Waals surface area contributed by atoms with Crippen LogP contribution in [0.1, 0.15) is 41.7 Å². The number of nitrogens with one attached hydrogen (secondary N) is 1. The molecule has 1 aromatic heterocycles. The molecule has 0 aliphatic heterocycles. The zero-order valence-electron chi connectivity index (χ0n) is 14.6. The first-order valence-electron chi connectivity index (χ1n) is 8.67. The molecular weight excluding hydrogens is 352 g/mol. The number of hydrogen-bond donors (Lipinski definition) is 1. The fraction of sp³-hybridized carbons (Fsp3) is 0.421. The van der Waals surface area contributed by atoms with Crippen molar-refractivity contribution in [3.05, 3.63) is 47.0 Å². The Hall–Kier alpha value is -2.25. The van der Waals surface area contributed by atoms with E-state index >= 15 is 0 Å². The van der Waals surface area contributed by atoms with Crippen LogP contribution >= 0.6 is 11.3 Å². The standard InChI is InChI=1S/C19H22N2O4S/c1-24-15-8-5-9-16(11-15)25-17(22)10-14-12-26-19(20-14)21-18(23)13-6-3-2-4-7-13/h2-4,6-7,12,15-16H,5,8-11H2,1H3,(H,20,21,23)/t15-,16+/m1/s1. The van der Waals surface area contributed by atoms with Gasteiger partial charge in [-0.15, -0.1) is 11.3 Å². The van der Waals surface area contributed by atoms with E-state index in [0.29, 0.717) is 16.4 Å². The Bertz CT molecular complexity index is 747. The summed E-state index contributed by atoms with van der Waals surface area (Å²) in [5, 5.41) is 4.98. The van der Waals surface area contributed by atoms with Crippen LogP contribution in [0, 0.1) is 0 Å². The molecule has 1 heterocycles. The predicted octanol–water partition coefficient (Wildman–Crippen LogP) is 3.44. The van der Waals surface area contributed by atoms with Crippen LogP contribution in [0.3, 0.4) is 0 Å². The molecule has 1 fully saturated rings. The molecule has 1 amide bonds. The summed E-state index contributed by atoms with van der Waals surface area (Å²) in [7, 11) is 1.69. The second-order valence-corrected chi connectivity index (χ2v) is 7.14. The first-order valence-corrected chi connectivity index (χ1v) is 9.55. The van der Waals surface area contributed by atoms with Gasteiger partial charge in [-0.2, -0.15) is 0 Å². The highest BCUT2D eigenvalue weighted by molar-refractivity contribution is 7.14. The number of esters is 1. The van der Waals surface area contributed by atoms with E-state index < -0.39 is 0 Å². The van der Waals surface area contributed by atoms with Gasteiger partial charge in [0.2, 0.25) is 0 Å². The summed E-state index contributed by atoms with van der Waals surface area (Å²) >= 11 is 1.29. The van der Waals surface area contributed by atoms with Crippen LogP contribution < -0.4 is 5.32 Å². The molecule has 1 N–H and O–H groups in total. The van der Waals surface area contributed by atoms with Crippen LogP contribution in [0.15, 0.2) is 35.7 Å². The fourth-order valence-electron chi connectivity index (χ4n) is 3.00. The molecule has 1 aliphatic carbocycles. The van der Waals surface area contributed by atoms with Crippen molar-refractivity contribution in [1.29, 1.82) is 0 Å². The van der Waals surface area contributed by atoms with Gasteiger partial charge in [0.25, 0.3) is 5.91 Å². The van der Waals surface area contributed by atoms with Crippen molar-refractivity contribution < 1.29 is 19.1 Å². The molecule has 1 saturated carbocycles. The number of aromatic nitrogens is 1. The molecule has 2 aromatic rings. The highest BCUT2D eigenvalue weighted by Crippen LogP contribution is 2.24. The number of hydrogen-bond acceptors (Lipinski definition) is 6. The van der Waals surface area contributed by atoms with Gasteiger partial charge in [-0.25, -0.2) is 4.98 Å². The minimum atomic E-state index is -0.294. The van der Waals surface area contributed by atoms with E-state index in [1.165, 1.54) is 11.3 Å². The highest BCUT2D eigenvalue weighted by Gasteiger charge is 2.25. The molecule has 0 unspecified atom stereocenters.